The third kappa shape index (κ3) is 3.63. The minimum atomic E-state index is -0.628. The van der Waals surface area contributed by atoms with Crippen LogP contribution in [0, 0.1) is 0 Å². The van der Waals surface area contributed by atoms with Gasteiger partial charge in [-0.05, 0) is 37.5 Å². The fourth-order valence-electron chi connectivity index (χ4n) is 4.30. The molecule has 1 aliphatic heterocycles. The van der Waals surface area contributed by atoms with Gasteiger partial charge in [-0.15, -0.1) is 0 Å². The van der Waals surface area contributed by atoms with Crippen molar-refractivity contribution in [2.24, 2.45) is 0 Å². The average molecular weight is 406 g/mol. The number of likely N-dealkylation sites (tertiary alicyclic amines) is 1. The van der Waals surface area contributed by atoms with Gasteiger partial charge in [0.1, 0.15) is 11.7 Å². The molecule has 1 N–H and O–H groups in total. The first-order chi connectivity index (χ1) is 14.5. The van der Waals surface area contributed by atoms with Crippen LogP contribution in [0.2, 0.25) is 0 Å². The maximum Gasteiger partial charge on any atom is 0.407 e. The van der Waals surface area contributed by atoms with Crippen molar-refractivity contribution in [3.8, 4) is 0 Å². The molecule has 1 unspecified atom stereocenters. The molecule has 1 aromatic carbocycles. The topological polar surface area (TPSA) is 75.9 Å². The Morgan fingerprint density at radius 1 is 1.10 bits per heavy atom. The number of nitrogens with one attached hydrogen (secondary N) is 1. The summed E-state index contributed by atoms with van der Waals surface area (Å²) in [7, 11) is 1.29. The summed E-state index contributed by atoms with van der Waals surface area (Å²) < 4.78 is 6.65. The van der Waals surface area contributed by atoms with E-state index in [9.17, 15) is 9.59 Å². The highest BCUT2D eigenvalue weighted by atomic mass is 16.5. The van der Waals surface area contributed by atoms with Gasteiger partial charge in [-0.25, -0.2) is 9.78 Å². The molecule has 156 valence electrons. The van der Waals surface area contributed by atoms with Crippen molar-refractivity contribution >= 4 is 17.6 Å². The Hall–Kier alpha value is -3.35. The number of alkyl carbamates (subject to hydrolysis) is 1. The van der Waals surface area contributed by atoms with Gasteiger partial charge in [0, 0.05) is 30.9 Å². The number of carbonyl (C=O) groups excluding carboxylic acids is 2. The number of aromatic nitrogens is 2. The number of benzene rings is 1. The van der Waals surface area contributed by atoms with E-state index in [1.165, 1.54) is 12.7 Å². The average Bonchev–Trinajstić information content (AvgIpc) is 3.24. The second-order valence-electron chi connectivity index (χ2n) is 7.72. The fraction of sp³-hybridized carbons (Fsp3) is 0.348. The molecule has 1 aliphatic rings. The van der Waals surface area contributed by atoms with Crippen LogP contribution in [0.25, 0.3) is 5.65 Å². The van der Waals surface area contributed by atoms with Crippen LogP contribution in [0.5, 0.6) is 0 Å². The number of hydrogen-bond acceptors (Lipinski definition) is 4. The van der Waals surface area contributed by atoms with Crippen molar-refractivity contribution in [1.82, 2.24) is 19.6 Å². The number of carbonyl (C=O) groups is 2. The lowest BCUT2D eigenvalue weighted by atomic mass is 9.70. The van der Waals surface area contributed by atoms with E-state index < -0.39 is 12.1 Å². The number of pyridine rings is 1. The number of methoxy groups -OCH3 is 1. The fourth-order valence-corrected chi connectivity index (χ4v) is 4.30. The number of hydrogen-bond donors (Lipinski definition) is 1. The molecule has 1 saturated heterocycles. The molecule has 2 amide bonds. The quantitative estimate of drug-likeness (QED) is 0.723. The molecule has 0 radical (unpaired) electrons. The molecule has 2 aromatic heterocycles. The van der Waals surface area contributed by atoms with E-state index in [-0.39, 0.29) is 11.3 Å². The van der Waals surface area contributed by atoms with E-state index in [0.29, 0.717) is 13.1 Å². The van der Waals surface area contributed by atoms with Gasteiger partial charge in [-0.3, -0.25) is 4.79 Å². The molecule has 0 bridgehead atoms. The summed E-state index contributed by atoms with van der Waals surface area (Å²) in [5.74, 6) is -0.0999. The molecule has 3 aromatic rings. The van der Waals surface area contributed by atoms with E-state index in [1.807, 2.05) is 51.9 Å². The lowest BCUT2D eigenvalue weighted by Crippen LogP contribution is -2.52. The van der Waals surface area contributed by atoms with Crippen molar-refractivity contribution in [3.63, 3.8) is 0 Å². The van der Waals surface area contributed by atoms with Crippen LogP contribution in [0.3, 0.4) is 0 Å². The number of nitrogens with zero attached hydrogens (tertiary/aromatic N) is 3. The van der Waals surface area contributed by atoms with Crippen LogP contribution < -0.4 is 5.32 Å². The third-order valence-corrected chi connectivity index (χ3v) is 6.00. The van der Waals surface area contributed by atoms with Gasteiger partial charge in [-0.2, -0.15) is 0 Å². The molecule has 0 saturated carbocycles. The molecular formula is C23H26N4O3. The Balaban J connectivity index is 1.61. The number of amides is 2. The summed E-state index contributed by atoms with van der Waals surface area (Å²) in [5.41, 5.74) is 2.88. The standard InChI is InChI=1S/C23H26N4O3/c1-17(24-22(29)30-2)21(28)26-14-11-23(12-15-26,18-8-4-3-5-9-18)19-16-27-13-7-6-10-20(27)25-19/h3-10,13,16-17H,11-12,14-15H2,1-2H3,(H,24,29). The molecule has 1 atom stereocenters. The molecule has 7 nitrogen and oxygen atoms in total. The number of imidazole rings is 1. The van der Waals surface area contributed by atoms with Gasteiger partial charge >= 0.3 is 6.09 Å². The zero-order valence-electron chi connectivity index (χ0n) is 17.2. The monoisotopic (exact) mass is 406 g/mol. The van der Waals surface area contributed by atoms with Crippen molar-refractivity contribution in [1.29, 1.82) is 0 Å². The second kappa shape index (κ2) is 8.18. The molecule has 7 heteroatoms. The van der Waals surface area contributed by atoms with Gasteiger partial charge in [0.2, 0.25) is 5.91 Å². The van der Waals surface area contributed by atoms with E-state index in [2.05, 4.69) is 28.4 Å². The third-order valence-electron chi connectivity index (χ3n) is 6.00. The Bertz CT molecular complexity index is 1010. The first-order valence-corrected chi connectivity index (χ1v) is 10.2. The van der Waals surface area contributed by atoms with E-state index >= 15 is 0 Å². The largest absolute Gasteiger partial charge is 0.453 e. The van der Waals surface area contributed by atoms with Crippen molar-refractivity contribution < 1.29 is 14.3 Å². The highest BCUT2D eigenvalue weighted by Crippen LogP contribution is 2.41. The maximum absolute atomic E-state index is 12.8. The van der Waals surface area contributed by atoms with Gasteiger partial charge in [0.15, 0.2) is 0 Å². The summed E-state index contributed by atoms with van der Waals surface area (Å²) in [6.45, 7) is 2.87. The number of fused-ring (bicyclic) bond motifs is 1. The molecule has 0 aliphatic carbocycles. The van der Waals surface area contributed by atoms with E-state index in [4.69, 9.17) is 4.98 Å². The lowest BCUT2D eigenvalue weighted by molar-refractivity contribution is -0.134. The van der Waals surface area contributed by atoms with Gasteiger partial charge in [0.25, 0.3) is 0 Å². The summed E-state index contributed by atoms with van der Waals surface area (Å²) in [5, 5.41) is 2.56. The van der Waals surface area contributed by atoms with Gasteiger partial charge in [-0.1, -0.05) is 36.4 Å². The Labute approximate surface area is 175 Å². The van der Waals surface area contributed by atoms with Crippen LogP contribution in [0.1, 0.15) is 31.0 Å². The number of rotatable bonds is 4. The van der Waals surface area contributed by atoms with Crippen LogP contribution in [0.4, 0.5) is 4.79 Å². The molecular weight excluding hydrogens is 380 g/mol. The van der Waals surface area contributed by atoms with Crippen LogP contribution >= 0.6 is 0 Å². The minimum absolute atomic E-state index is 0.0999. The molecule has 4 rings (SSSR count). The first-order valence-electron chi connectivity index (χ1n) is 10.2. The van der Waals surface area contributed by atoms with Crippen molar-refractivity contribution in [2.75, 3.05) is 20.2 Å². The molecule has 1 fully saturated rings. The first kappa shape index (κ1) is 19.9. The highest BCUT2D eigenvalue weighted by Gasteiger charge is 2.41. The van der Waals surface area contributed by atoms with Crippen molar-refractivity contribution in [3.05, 3.63) is 72.2 Å². The summed E-state index contributed by atoms with van der Waals surface area (Å²) in [6.07, 6.45) is 5.02. The van der Waals surface area contributed by atoms with Crippen LogP contribution in [0.15, 0.2) is 60.9 Å². The predicted octanol–water partition coefficient (Wildman–Crippen LogP) is 2.99. The SMILES string of the molecule is COC(=O)NC(C)C(=O)N1CCC(c2ccccc2)(c2cn3ccccc3n2)CC1. The highest BCUT2D eigenvalue weighted by molar-refractivity contribution is 5.85. The maximum atomic E-state index is 12.8. The van der Waals surface area contributed by atoms with E-state index in [0.717, 1.165) is 24.2 Å². The van der Waals surface area contributed by atoms with Crippen LogP contribution in [-0.4, -0.2) is 52.5 Å². The second-order valence-corrected chi connectivity index (χ2v) is 7.72. The minimum Gasteiger partial charge on any atom is -0.453 e. The Morgan fingerprint density at radius 3 is 2.47 bits per heavy atom. The lowest BCUT2D eigenvalue weighted by Gasteiger charge is -2.42. The van der Waals surface area contributed by atoms with Gasteiger partial charge in [0.05, 0.1) is 12.8 Å². The van der Waals surface area contributed by atoms with Crippen molar-refractivity contribution in [2.45, 2.75) is 31.2 Å². The number of piperidine rings is 1. The summed E-state index contributed by atoms with van der Waals surface area (Å²) in [6, 6.07) is 15.7. The van der Waals surface area contributed by atoms with Crippen LogP contribution in [-0.2, 0) is 14.9 Å². The Kier molecular flexibility index (Phi) is 5.44. The zero-order valence-corrected chi connectivity index (χ0v) is 17.2. The zero-order chi connectivity index (χ0) is 21.1. The summed E-state index contributed by atoms with van der Waals surface area (Å²) >= 11 is 0. The molecule has 30 heavy (non-hydrogen) atoms. The number of ether oxygens (including phenoxy) is 1. The van der Waals surface area contributed by atoms with Gasteiger partial charge < -0.3 is 19.4 Å². The molecule has 0 spiro atoms. The normalized spacial score (nSPS) is 16.8. The predicted molar refractivity (Wildman–Crippen MR) is 113 cm³/mol. The van der Waals surface area contributed by atoms with E-state index in [1.54, 1.807) is 6.92 Å². The smallest absolute Gasteiger partial charge is 0.407 e. The Morgan fingerprint density at radius 2 is 1.80 bits per heavy atom. The molecule has 3 heterocycles. The summed E-state index contributed by atoms with van der Waals surface area (Å²) in [4.78, 5) is 31.0.